The van der Waals surface area contributed by atoms with Gasteiger partial charge in [0.1, 0.15) is 11.3 Å². The van der Waals surface area contributed by atoms with Crippen LogP contribution in [0.5, 0.6) is 0 Å². The van der Waals surface area contributed by atoms with E-state index in [1.165, 1.54) is 57.8 Å². The molecule has 0 atom stereocenters. The molecule has 1 amide bonds. The van der Waals surface area contributed by atoms with Crippen molar-refractivity contribution in [1.29, 1.82) is 0 Å². The number of carbonyl (C=O) groups excluding carboxylic acids is 1. The number of hydrogen-bond acceptors (Lipinski definition) is 2. The van der Waals surface area contributed by atoms with Crippen LogP contribution in [-0.4, -0.2) is 21.3 Å². The highest BCUT2D eigenvalue weighted by molar-refractivity contribution is 6.30. The molecule has 0 aliphatic heterocycles. The third-order valence-electron chi connectivity index (χ3n) is 5.41. The van der Waals surface area contributed by atoms with Crippen LogP contribution in [0.3, 0.4) is 0 Å². The standard InChI is InChI=1S/C21H30ClN3O/c1-16-20(25-15-17(22)13-14-19(25)23-16)21(26)24-18-11-9-7-5-3-2-4-6-8-10-12-18/h13-15,18H,2-12H2,1H3,(H,24,26). The lowest BCUT2D eigenvalue weighted by molar-refractivity contribution is 0.0924. The quantitative estimate of drug-likeness (QED) is 0.731. The van der Waals surface area contributed by atoms with Gasteiger partial charge >= 0.3 is 0 Å². The van der Waals surface area contributed by atoms with Crippen molar-refractivity contribution < 1.29 is 4.79 Å². The zero-order valence-electron chi connectivity index (χ0n) is 15.8. The summed E-state index contributed by atoms with van der Waals surface area (Å²) in [6, 6.07) is 3.91. The number of amides is 1. The lowest BCUT2D eigenvalue weighted by Gasteiger charge is -2.19. The average Bonchev–Trinajstić information content (AvgIpc) is 2.92. The number of rotatable bonds is 2. The molecular formula is C21H30ClN3O. The Morgan fingerprint density at radius 1 is 1.04 bits per heavy atom. The second-order valence-electron chi connectivity index (χ2n) is 7.55. The number of halogens is 1. The predicted octanol–water partition coefficient (Wildman–Crippen LogP) is 5.70. The van der Waals surface area contributed by atoms with E-state index in [0.29, 0.717) is 10.7 Å². The van der Waals surface area contributed by atoms with Crippen molar-refractivity contribution in [1.82, 2.24) is 14.7 Å². The Bertz CT molecular complexity index is 728. The molecule has 5 heteroatoms. The van der Waals surface area contributed by atoms with Gasteiger partial charge in [-0.25, -0.2) is 4.98 Å². The van der Waals surface area contributed by atoms with E-state index in [-0.39, 0.29) is 11.9 Å². The van der Waals surface area contributed by atoms with Crippen LogP contribution in [0.25, 0.3) is 5.65 Å². The fourth-order valence-corrected chi connectivity index (χ4v) is 4.13. The van der Waals surface area contributed by atoms with E-state index in [1.54, 1.807) is 12.3 Å². The van der Waals surface area contributed by atoms with Gasteiger partial charge in [-0.15, -0.1) is 0 Å². The van der Waals surface area contributed by atoms with E-state index in [9.17, 15) is 4.79 Å². The number of hydrogen-bond donors (Lipinski definition) is 1. The molecule has 3 rings (SSSR count). The van der Waals surface area contributed by atoms with E-state index in [0.717, 1.165) is 24.2 Å². The van der Waals surface area contributed by atoms with E-state index < -0.39 is 0 Å². The van der Waals surface area contributed by atoms with Crippen molar-refractivity contribution in [2.75, 3.05) is 0 Å². The van der Waals surface area contributed by atoms with Gasteiger partial charge < -0.3 is 5.32 Å². The molecule has 2 heterocycles. The Morgan fingerprint density at radius 3 is 2.23 bits per heavy atom. The van der Waals surface area contributed by atoms with Gasteiger partial charge in [0, 0.05) is 12.2 Å². The Balaban J connectivity index is 1.70. The number of carbonyl (C=O) groups is 1. The first-order valence-corrected chi connectivity index (χ1v) is 10.5. The zero-order chi connectivity index (χ0) is 18.4. The highest BCUT2D eigenvalue weighted by atomic mass is 35.5. The van der Waals surface area contributed by atoms with Gasteiger partial charge in [0.2, 0.25) is 0 Å². The average molecular weight is 376 g/mol. The van der Waals surface area contributed by atoms with Gasteiger partial charge in [-0.3, -0.25) is 9.20 Å². The first-order valence-electron chi connectivity index (χ1n) is 10.1. The second kappa shape index (κ2) is 9.40. The Labute approximate surface area is 161 Å². The molecule has 0 unspecified atom stereocenters. The van der Waals surface area contributed by atoms with E-state index in [4.69, 9.17) is 11.6 Å². The van der Waals surface area contributed by atoms with Gasteiger partial charge in [-0.2, -0.15) is 0 Å². The molecule has 0 radical (unpaired) electrons. The SMILES string of the molecule is Cc1nc2ccc(Cl)cn2c1C(=O)NC1CCCCCCCCCCC1. The largest absolute Gasteiger partial charge is 0.348 e. The molecule has 0 aromatic carbocycles. The van der Waals surface area contributed by atoms with E-state index in [2.05, 4.69) is 10.3 Å². The summed E-state index contributed by atoms with van der Waals surface area (Å²) in [4.78, 5) is 17.5. The molecule has 26 heavy (non-hydrogen) atoms. The minimum absolute atomic E-state index is 0.0330. The number of imidazole rings is 1. The summed E-state index contributed by atoms with van der Waals surface area (Å²) in [7, 11) is 0. The third kappa shape index (κ3) is 5.00. The Morgan fingerprint density at radius 2 is 1.62 bits per heavy atom. The first-order chi connectivity index (χ1) is 12.6. The minimum Gasteiger partial charge on any atom is -0.348 e. The topological polar surface area (TPSA) is 46.4 Å². The van der Waals surface area contributed by atoms with Gasteiger partial charge in [-0.1, -0.05) is 69.4 Å². The van der Waals surface area contributed by atoms with Gasteiger partial charge in [-0.05, 0) is 31.9 Å². The summed E-state index contributed by atoms with van der Waals surface area (Å²) >= 11 is 6.12. The predicted molar refractivity (Wildman–Crippen MR) is 107 cm³/mol. The van der Waals surface area contributed by atoms with Crippen molar-refractivity contribution in [3.63, 3.8) is 0 Å². The summed E-state index contributed by atoms with van der Waals surface area (Å²) in [6.45, 7) is 1.89. The van der Waals surface area contributed by atoms with Crippen LogP contribution in [-0.2, 0) is 0 Å². The van der Waals surface area contributed by atoms with Crippen LogP contribution < -0.4 is 5.32 Å². The van der Waals surface area contributed by atoms with Gasteiger partial charge in [0.25, 0.3) is 5.91 Å². The maximum atomic E-state index is 13.0. The smallest absolute Gasteiger partial charge is 0.270 e. The van der Waals surface area contributed by atoms with Crippen molar-refractivity contribution >= 4 is 23.2 Å². The number of aryl methyl sites for hydroxylation is 1. The molecule has 142 valence electrons. The lowest BCUT2D eigenvalue weighted by atomic mass is 9.98. The van der Waals surface area contributed by atoms with Crippen LogP contribution in [0.2, 0.25) is 5.02 Å². The van der Waals surface area contributed by atoms with Gasteiger partial charge in [0.05, 0.1) is 10.7 Å². The summed E-state index contributed by atoms with van der Waals surface area (Å²) in [6.07, 6.45) is 15.6. The summed E-state index contributed by atoms with van der Waals surface area (Å²) in [5, 5.41) is 3.89. The number of fused-ring (bicyclic) bond motifs is 1. The second-order valence-corrected chi connectivity index (χ2v) is 7.99. The molecule has 4 nitrogen and oxygen atoms in total. The van der Waals surface area contributed by atoms with Crippen LogP contribution in [0, 0.1) is 6.92 Å². The molecule has 2 aromatic heterocycles. The number of nitrogens with zero attached hydrogens (tertiary/aromatic N) is 2. The summed E-state index contributed by atoms with van der Waals surface area (Å²) < 4.78 is 1.81. The maximum absolute atomic E-state index is 13.0. The monoisotopic (exact) mass is 375 g/mol. The lowest BCUT2D eigenvalue weighted by Crippen LogP contribution is -2.36. The fourth-order valence-electron chi connectivity index (χ4n) is 3.97. The van der Waals surface area contributed by atoms with Crippen molar-refractivity contribution in [3.05, 3.63) is 34.7 Å². The number of pyridine rings is 1. The molecule has 1 fully saturated rings. The Kier molecular flexibility index (Phi) is 6.95. The van der Waals surface area contributed by atoms with Crippen LogP contribution in [0.4, 0.5) is 0 Å². The molecule has 1 saturated carbocycles. The highest BCUT2D eigenvalue weighted by Gasteiger charge is 2.20. The minimum atomic E-state index is -0.0330. The zero-order valence-corrected chi connectivity index (χ0v) is 16.5. The van der Waals surface area contributed by atoms with Crippen LogP contribution in [0.1, 0.15) is 86.8 Å². The third-order valence-corrected chi connectivity index (χ3v) is 5.64. The van der Waals surface area contributed by atoms with E-state index >= 15 is 0 Å². The number of aromatic nitrogens is 2. The molecule has 0 saturated heterocycles. The van der Waals surface area contributed by atoms with Crippen molar-refractivity contribution in [2.45, 2.75) is 83.6 Å². The number of nitrogens with one attached hydrogen (secondary N) is 1. The molecule has 1 aliphatic rings. The fraction of sp³-hybridized carbons (Fsp3) is 0.619. The molecule has 2 aromatic rings. The summed E-state index contributed by atoms with van der Waals surface area (Å²) in [5.41, 5.74) is 2.11. The molecular weight excluding hydrogens is 346 g/mol. The first kappa shape index (κ1) is 19.2. The van der Waals surface area contributed by atoms with E-state index in [1.807, 2.05) is 17.4 Å². The molecule has 1 N–H and O–H groups in total. The molecule has 0 spiro atoms. The highest BCUT2D eigenvalue weighted by Crippen LogP contribution is 2.19. The van der Waals surface area contributed by atoms with Crippen LogP contribution >= 0.6 is 11.6 Å². The molecule has 0 bridgehead atoms. The van der Waals surface area contributed by atoms with Crippen LogP contribution in [0.15, 0.2) is 18.3 Å². The van der Waals surface area contributed by atoms with Crippen molar-refractivity contribution in [2.24, 2.45) is 0 Å². The normalized spacial score (nSPS) is 18.2. The van der Waals surface area contributed by atoms with Crippen molar-refractivity contribution in [3.8, 4) is 0 Å². The molecule has 1 aliphatic carbocycles. The van der Waals surface area contributed by atoms with Gasteiger partial charge in [0.15, 0.2) is 0 Å². The summed E-state index contributed by atoms with van der Waals surface area (Å²) in [5.74, 6) is -0.0330. The maximum Gasteiger partial charge on any atom is 0.270 e. The Hall–Kier alpha value is -1.55.